The summed E-state index contributed by atoms with van der Waals surface area (Å²) in [6, 6.07) is 7.99. The van der Waals surface area contributed by atoms with Crippen LogP contribution in [0.4, 0.5) is 5.69 Å². The smallest absolute Gasteiger partial charge is 0.172 e. The topological polar surface area (TPSA) is 71.1 Å². The highest BCUT2D eigenvalue weighted by atomic mass is 16.5. The first kappa shape index (κ1) is 12.7. The molecule has 0 radical (unpaired) electrons. The third-order valence-corrected chi connectivity index (χ3v) is 3.35. The van der Waals surface area contributed by atoms with E-state index < -0.39 is 0 Å². The van der Waals surface area contributed by atoms with Gasteiger partial charge in [-0.3, -0.25) is 0 Å². The number of hydrogen-bond acceptors (Lipinski definition) is 4. The molecule has 5 heteroatoms. The SMILES string of the molecule is CN(c1ccccc1/C(N)=N/O)C1CCCOC1. The van der Waals surface area contributed by atoms with Crippen molar-refractivity contribution < 1.29 is 9.94 Å². The highest BCUT2D eigenvalue weighted by Gasteiger charge is 2.21. The van der Waals surface area contributed by atoms with Gasteiger partial charge in [0.15, 0.2) is 5.84 Å². The summed E-state index contributed by atoms with van der Waals surface area (Å²) in [4.78, 5) is 2.15. The van der Waals surface area contributed by atoms with E-state index in [1.54, 1.807) is 0 Å². The van der Waals surface area contributed by atoms with Crippen LogP contribution in [-0.2, 0) is 4.74 Å². The van der Waals surface area contributed by atoms with Crippen molar-refractivity contribution in [2.24, 2.45) is 10.9 Å². The molecule has 1 aliphatic heterocycles. The second-order valence-electron chi connectivity index (χ2n) is 4.48. The number of ether oxygens (including phenoxy) is 1. The Morgan fingerprint density at radius 1 is 1.50 bits per heavy atom. The van der Waals surface area contributed by atoms with Crippen molar-refractivity contribution in [1.82, 2.24) is 0 Å². The second-order valence-corrected chi connectivity index (χ2v) is 4.48. The van der Waals surface area contributed by atoms with E-state index in [2.05, 4.69) is 10.1 Å². The molecule has 1 heterocycles. The van der Waals surface area contributed by atoms with Gasteiger partial charge in [0, 0.05) is 24.9 Å². The van der Waals surface area contributed by atoms with Gasteiger partial charge in [0.1, 0.15) is 0 Å². The summed E-state index contributed by atoms with van der Waals surface area (Å²) in [7, 11) is 2.02. The largest absolute Gasteiger partial charge is 0.409 e. The van der Waals surface area contributed by atoms with Crippen molar-refractivity contribution in [3.8, 4) is 0 Å². The number of nitrogens with two attached hydrogens (primary N) is 1. The fourth-order valence-corrected chi connectivity index (χ4v) is 2.28. The Kier molecular flexibility index (Phi) is 4.04. The molecule has 0 aliphatic carbocycles. The molecule has 1 fully saturated rings. The molecule has 1 saturated heterocycles. The fourth-order valence-electron chi connectivity index (χ4n) is 2.28. The summed E-state index contributed by atoms with van der Waals surface area (Å²) in [5.41, 5.74) is 7.41. The Morgan fingerprint density at radius 3 is 2.94 bits per heavy atom. The third kappa shape index (κ3) is 2.56. The van der Waals surface area contributed by atoms with Crippen molar-refractivity contribution in [3.05, 3.63) is 29.8 Å². The zero-order chi connectivity index (χ0) is 13.0. The molecule has 1 aliphatic rings. The molecule has 5 nitrogen and oxygen atoms in total. The maximum Gasteiger partial charge on any atom is 0.172 e. The Bertz CT molecular complexity index is 428. The van der Waals surface area contributed by atoms with Gasteiger partial charge in [-0.1, -0.05) is 17.3 Å². The summed E-state index contributed by atoms with van der Waals surface area (Å²) < 4.78 is 5.50. The lowest BCUT2D eigenvalue weighted by molar-refractivity contribution is 0.0807. The lowest BCUT2D eigenvalue weighted by atomic mass is 10.1. The number of rotatable bonds is 3. The molecular formula is C13H19N3O2. The zero-order valence-corrected chi connectivity index (χ0v) is 10.5. The van der Waals surface area contributed by atoms with E-state index in [4.69, 9.17) is 15.7 Å². The summed E-state index contributed by atoms with van der Waals surface area (Å²) in [6.07, 6.45) is 2.17. The van der Waals surface area contributed by atoms with Gasteiger partial charge in [-0.2, -0.15) is 0 Å². The quantitative estimate of drug-likeness (QED) is 0.367. The van der Waals surface area contributed by atoms with Gasteiger partial charge < -0.3 is 20.6 Å². The number of para-hydroxylation sites is 1. The first-order chi connectivity index (χ1) is 8.74. The Hall–Kier alpha value is -1.75. The van der Waals surface area contributed by atoms with Crippen LogP contribution in [0.15, 0.2) is 29.4 Å². The van der Waals surface area contributed by atoms with Crippen LogP contribution >= 0.6 is 0 Å². The lowest BCUT2D eigenvalue weighted by Gasteiger charge is -2.33. The minimum atomic E-state index is 0.133. The summed E-state index contributed by atoms with van der Waals surface area (Å²) >= 11 is 0. The van der Waals surface area contributed by atoms with E-state index in [1.807, 2.05) is 31.3 Å². The maximum absolute atomic E-state index is 8.82. The summed E-state index contributed by atoms with van der Waals surface area (Å²) in [6.45, 7) is 1.56. The number of hydrogen-bond donors (Lipinski definition) is 2. The van der Waals surface area contributed by atoms with Crippen molar-refractivity contribution in [1.29, 1.82) is 0 Å². The van der Waals surface area contributed by atoms with E-state index in [-0.39, 0.29) is 5.84 Å². The Labute approximate surface area is 107 Å². The van der Waals surface area contributed by atoms with Crippen molar-refractivity contribution in [2.75, 3.05) is 25.2 Å². The molecule has 0 amide bonds. The van der Waals surface area contributed by atoms with Gasteiger partial charge in [0.2, 0.25) is 0 Å². The van der Waals surface area contributed by atoms with Crippen molar-refractivity contribution >= 4 is 11.5 Å². The molecule has 0 aromatic heterocycles. The minimum absolute atomic E-state index is 0.133. The van der Waals surface area contributed by atoms with Crippen LogP contribution in [0.3, 0.4) is 0 Å². The highest BCUT2D eigenvalue weighted by molar-refractivity contribution is 6.02. The first-order valence-corrected chi connectivity index (χ1v) is 6.11. The van der Waals surface area contributed by atoms with Crippen LogP contribution in [0.5, 0.6) is 0 Å². The Morgan fingerprint density at radius 2 is 2.28 bits per heavy atom. The van der Waals surface area contributed by atoms with E-state index in [0.29, 0.717) is 6.04 Å². The van der Waals surface area contributed by atoms with E-state index in [1.165, 1.54) is 0 Å². The van der Waals surface area contributed by atoms with Gasteiger partial charge in [-0.15, -0.1) is 0 Å². The van der Waals surface area contributed by atoms with E-state index in [0.717, 1.165) is 37.3 Å². The monoisotopic (exact) mass is 249 g/mol. The fraction of sp³-hybridized carbons (Fsp3) is 0.462. The summed E-state index contributed by atoms with van der Waals surface area (Å²) in [5.74, 6) is 0.133. The Balaban J connectivity index is 2.26. The van der Waals surface area contributed by atoms with Crippen LogP contribution in [0, 0.1) is 0 Å². The van der Waals surface area contributed by atoms with E-state index in [9.17, 15) is 0 Å². The van der Waals surface area contributed by atoms with Crippen LogP contribution in [0.25, 0.3) is 0 Å². The van der Waals surface area contributed by atoms with E-state index >= 15 is 0 Å². The number of likely N-dealkylation sites (N-methyl/N-ethyl adjacent to an activating group) is 1. The molecule has 0 saturated carbocycles. The van der Waals surface area contributed by atoms with Gasteiger partial charge in [-0.05, 0) is 25.0 Å². The van der Waals surface area contributed by atoms with Crippen LogP contribution in [0.2, 0.25) is 0 Å². The molecule has 18 heavy (non-hydrogen) atoms. The number of anilines is 1. The molecule has 0 spiro atoms. The number of benzene rings is 1. The third-order valence-electron chi connectivity index (χ3n) is 3.35. The normalized spacial score (nSPS) is 20.7. The first-order valence-electron chi connectivity index (χ1n) is 6.11. The van der Waals surface area contributed by atoms with Crippen LogP contribution in [-0.4, -0.2) is 37.3 Å². The maximum atomic E-state index is 8.82. The molecule has 1 atom stereocenters. The average molecular weight is 249 g/mol. The van der Waals surface area contributed by atoms with Crippen molar-refractivity contribution in [2.45, 2.75) is 18.9 Å². The zero-order valence-electron chi connectivity index (χ0n) is 10.5. The van der Waals surface area contributed by atoms with Gasteiger partial charge in [-0.25, -0.2) is 0 Å². The molecule has 2 rings (SSSR count). The van der Waals surface area contributed by atoms with Crippen LogP contribution in [0.1, 0.15) is 18.4 Å². The highest BCUT2D eigenvalue weighted by Crippen LogP contribution is 2.24. The molecule has 3 N–H and O–H groups in total. The molecule has 98 valence electrons. The number of oxime groups is 1. The average Bonchev–Trinajstić information content (AvgIpc) is 2.46. The molecule has 0 bridgehead atoms. The lowest BCUT2D eigenvalue weighted by Crippen LogP contribution is -2.39. The molecule has 1 unspecified atom stereocenters. The van der Waals surface area contributed by atoms with Crippen LogP contribution < -0.4 is 10.6 Å². The predicted molar refractivity (Wildman–Crippen MR) is 71.2 cm³/mol. The standard InChI is InChI=1S/C13H19N3O2/c1-16(10-5-4-8-18-9-10)12-7-3-2-6-11(12)13(14)15-17/h2-3,6-7,10,17H,4-5,8-9H2,1H3,(H2,14,15). The van der Waals surface area contributed by atoms with Gasteiger partial charge in [0.25, 0.3) is 0 Å². The van der Waals surface area contributed by atoms with Gasteiger partial charge in [0.05, 0.1) is 12.6 Å². The minimum Gasteiger partial charge on any atom is -0.409 e. The summed E-state index contributed by atoms with van der Waals surface area (Å²) in [5, 5.41) is 11.9. The second kappa shape index (κ2) is 5.73. The number of amidine groups is 1. The predicted octanol–water partition coefficient (Wildman–Crippen LogP) is 1.40. The van der Waals surface area contributed by atoms with Gasteiger partial charge >= 0.3 is 0 Å². The molecular weight excluding hydrogens is 230 g/mol. The molecule has 1 aromatic carbocycles. The number of nitrogens with zero attached hydrogens (tertiary/aromatic N) is 2. The molecule has 1 aromatic rings. The van der Waals surface area contributed by atoms with Crippen molar-refractivity contribution in [3.63, 3.8) is 0 Å².